The number of hydrogen-bond acceptors (Lipinski definition) is 3. The highest BCUT2D eigenvalue weighted by molar-refractivity contribution is 5.17. The van der Waals surface area contributed by atoms with Crippen molar-refractivity contribution in [2.75, 3.05) is 13.6 Å². The summed E-state index contributed by atoms with van der Waals surface area (Å²) in [7, 11) is 2.26. The zero-order valence-corrected chi connectivity index (χ0v) is 13.3. The van der Waals surface area contributed by atoms with Gasteiger partial charge in [-0.15, -0.1) is 0 Å². The van der Waals surface area contributed by atoms with Crippen LogP contribution < -0.4 is 5.32 Å². The molecule has 3 heteroatoms. The third-order valence-electron chi connectivity index (χ3n) is 4.50. The van der Waals surface area contributed by atoms with Crippen LogP contribution in [0.3, 0.4) is 0 Å². The third-order valence-corrected chi connectivity index (χ3v) is 4.50. The largest absolute Gasteiger partial charge is 0.468 e. The lowest BCUT2D eigenvalue weighted by Gasteiger charge is -2.34. The number of rotatable bonds is 7. The lowest BCUT2D eigenvalue weighted by Crippen LogP contribution is -2.35. The molecule has 2 atom stereocenters. The molecule has 0 saturated heterocycles. The minimum absolute atomic E-state index is 0.741. The summed E-state index contributed by atoms with van der Waals surface area (Å²) < 4.78 is 5.63. The van der Waals surface area contributed by atoms with Gasteiger partial charge in [-0.2, -0.15) is 0 Å². The minimum Gasteiger partial charge on any atom is -0.468 e. The van der Waals surface area contributed by atoms with E-state index in [1.165, 1.54) is 31.2 Å². The molecule has 1 aliphatic rings. The standard InChI is InChI=1S/C17H30N2O/c1-4-9-18-12-17-15(8-10-20-17)13-19(3)16-7-5-6-14(2)11-16/h8,10,14,16,18H,4-7,9,11-13H2,1-3H3. The maximum Gasteiger partial charge on any atom is 0.122 e. The summed E-state index contributed by atoms with van der Waals surface area (Å²) in [6.07, 6.45) is 8.47. The smallest absolute Gasteiger partial charge is 0.122 e. The molecule has 114 valence electrons. The summed E-state index contributed by atoms with van der Waals surface area (Å²) in [4.78, 5) is 2.52. The van der Waals surface area contributed by atoms with Gasteiger partial charge in [-0.1, -0.05) is 26.7 Å². The molecule has 2 rings (SSSR count). The molecule has 3 nitrogen and oxygen atoms in total. The molecule has 1 aliphatic carbocycles. The van der Waals surface area contributed by atoms with Gasteiger partial charge in [0.05, 0.1) is 12.8 Å². The summed E-state index contributed by atoms with van der Waals surface area (Å²) in [5.41, 5.74) is 1.34. The Hall–Kier alpha value is -0.800. The molecular formula is C17H30N2O. The molecule has 0 aliphatic heterocycles. The van der Waals surface area contributed by atoms with Crippen molar-refractivity contribution in [3.63, 3.8) is 0 Å². The first-order chi connectivity index (χ1) is 9.70. The molecule has 0 radical (unpaired) electrons. The monoisotopic (exact) mass is 278 g/mol. The average Bonchev–Trinajstić information content (AvgIpc) is 2.86. The van der Waals surface area contributed by atoms with Gasteiger partial charge in [0.15, 0.2) is 0 Å². The van der Waals surface area contributed by atoms with Crippen LogP contribution in [-0.2, 0) is 13.1 Å². The van der Waals surface area contributed by atoms with Crippen molar-refractivity contribution in [1.82, 2.24) is 10.2 Å². The molecule has 1 fully saturated rings. The first-order valence-electron chi connectivity index (χ1n) is 8.17. The molecule has 0 bridgehead atoms. The van der Waals surface area contributed by atoms with Crippen molar-refractivity contribution in [1.29, 1.82) is 0 Å². The van der Waals surface area contributed by atoms with Gasteiger partial charge in [0.25, 0.3) is 0 Å². The van der Waals surface area contributed by atoms with Crippen molar-refractivity contribution in [3.05, 3.63) is 23.7 Å². The van der Waals surface area contributed by atoms with Crippen molar-refractivity contribution in [3.8, 4) is 0 Å². The fraction of sp³-hybridized carbons (Fsp3) is 0.765. The molecule has 1 heterocycles. The molecule has 2 unspecified atom stereocenters. The van der Waals surface area contributed by atoms with Gasteiger partial charge in [0, 0.05) is 18.2 Å². The average molecular weight is 278 g/mol. The van der Waals surface area contributed by atoms with E-state index in [1.54, 1.807) is 0 Å². The van der Waals surface area contributed by atoms with Crippen molar-refractivity contribution >= 4 is 0 Å². The Morgan fingerprint density at radius 2 is 2.25 bits per heavy atom. The van der Waals surface area contributed by atoms with Crippen molar-refractivity contribution < 1.29 is 4.42 Å². The predicted molar refractivity (Wildman–Crippen MR) is 83.6 cm³/mol. The summed E-state index contributed by atoms with van der Waals surface area (Å²) >= 11 is 0. The molecule has 0 amide bonds. The molecule has 0 spiro atoms. The second-order valence-electron chi connectivity index (χ2n) is 6.39. The van der Waals surface area contributed by atoms with Crippen LogP contribution in [0, 0.1) is 5.92 Å². The Balaban J connectivity index is 1.87. The molecule has 1 saturated carbocycles. The minimum atomic E-state index is 0.741. The Morgan fingerprint density at radius 1 is 1.40 bits per heavy atom. The number of hydrogen-bond donors (Lipinski definition) is 1. The fourth-order valence-electron chi connectivity index (χ4n) is 3.24. The van der Waals surface area contributed by atoms with Crippen molar-refractivity contribution in [2.24, 2.45) is 5.92 Å². The van der Waals surface area contributed by atoms with Crippen LogP contribution in [0.2, 0.25) is 0 Å². The lowest BCUT2D eigenvalue weighted by atomic mass is 9.86. The summed E-state index contributed by atoms with van der Waals surface area (Å²) in [5.74, 6) is 1.99. The van der Waals surface area contributed by atoms with E-state index in [-0.39, 0.29) is 0 Å². The molecular weight excluding hydrogens is 248 g/mol. The van der Waals surface area contributed by atoms with E-state index in [4.69, 9.17) is 4.42 Å². The van der Waals surface area contributed by atoms with Gasteiger partial charge in [-0.25, -0.2) is 0 Å². The van der Waals surface area contributed by atoms with Gasteiger partial charge in [0.2, 0.25) is 0 Å². The van der Waals surface area contributed by atoms with Gasteiger partial charge >= 0.3 is 0 Å². The second-order valence-corrected chi connectivity index (χ2v) is 6.39. The van der Waals surface area contributed by atoms with E-state index in [0.29, 0.717) is 0 Å². The maximum absolute atomic E-state index is 5.63. The van der Waals surface area contributed by atoms with Crippen LogP contribution >= 0.6 is 0 Å². The normalized spacial score (nSPS) is 23.4. The number of furan rings is 1. The van der Waals surface area contributed by atoms with Crippen LogP contribution in [-0.4, -0.2) is 24.5 Å². The van der Waals surface area contributed by atoms with Crippen LogP contribution in [0.25, 0.3) is 0 Å². The van der Waals surface area contributed by atoms with E-state index in [9.17, 15) is 0 Å². The topological polar surface area (TPSA) is 28.4 Å². The van der Waals surface area contributed by atoms with E-state index in [0.717, 1.165) is 43.8 Å². The summed E-state index contributed by atoms with van der Waals surface area (Å²) in [6.45, 7) is 7.49. The maximum atomic E-state index is 5.63. The second kappa shape index (κ2) is 7.84. The summed E-state index contributed by atoms with van der Waals surface area (Å²) in [5, 5.41) is 3.43. The Morgan fingerprint density at radius 3 is 3.00 bits per heavy atom. The Kier molecular flexibility index (Phi) is 6.11. The van der Waals surface area contributed by atoms with Gasteiger partial charge in [-0.3, -0.25) is 4.90 Å². The fourth-order valence-corrected chi connectivity index (χ4v) is 3.24. The van der Waals surface area contributed by atoms with E-state index < -0.39 is 0 Å². The SMILES string of the molecule is CCCNCc1occc1CN(C)C1CCCC(C)C1. The van der Waals surface area contributed by atoms with Gasteiger partial charge < -0.3 is 9.73 Å². The Labute approximate surface area is 123 Å². The first-order valence-corrected chi connectivity index (χ1v) is 8.17. The van der Waals surface area contributed by atoms with E-state index in [1.807, 2.05) is 6.26 Å². The molecule has 20 heavy (non-hydrogen) atoms. The lowest BCUT2D eigenvalue weighted by molar-refractivity contribution is 0.157. The van der Waals surface area contributed by atoms with Crippen LogP contribution in [0.15, 0.2) is 16.7 Å². The molecule has 1 aromatic heterocycles. The summed E-state index contributed by atoms with van der Waals surface area (Å²) in [6, 6.07) is 2.87. The highest BCUT2D eigenvalue weighted by Gasteiger charge is 2.23. The van der Waals surface area contributed by atoms with Crippen LogP contribution in [0.1, 0.15) is 57.3 Å². The predicted octanol–water partition coefficient (Wildman–Crippen LogP) is 3.79. The molecule has 1 N–H and O–H groups in total. The quantitative estimate of drug-likeness (QED) is 0.769. The Bertz CT molecular complexity index is 388. The number of nitrogens with zero attached hydrogens (tertiary/aromatic N) is 1. The number of nitrogens with one attached hydrogen (secondary N) is 1. The third kappa shape index (κ3) is 4.35. The highest BCUT2D eigenvalue weighted by atomic mass is 16.3. The zero-order chi connectivity index (χ0) is 14.4. The van der Waals surface area contributed by atoms with Gasteiger partial charge in [0.1, 0.15) is 5.76 Å². The van der Waals surface area contributed by atoms with Crippen LogP contribution in [0.4, 0.5) is 0 Å². The highest BCUT2D eigenvalue weighted by Crippen LogP contribution is 2.27. The van der Waals surface area contributed by atoms with E-state index >= 15 is 0 Å². The van der Waals surface area contributed by atoms with Crippen molar-refractivity contribution in [2.45, 2.75) is 65.1 Å². The first kappa shape index (κ1) is 15.6. The van der Waals surface area contributed by atoms with Gasteiger partial charge in [-0.05, 0) is 44.8 Å². The zero-order valence-electron chi connectivity index (χ0n) is 13.3. The molecule has 1 aromatic rings. The van der Waals surface area contributed by atoms with E-state index in [2.05, 4.69) is 37.2 Å². The van der Waals surface area contributed by atoms with Crippen LogP contribution in [0.5, 0.6) is 0 Å². The molecule has 0 aromatic carbocycles.